The van der Waals surface area contributed by atoms with E-state index in [2.05, 4.69) is 36.0 Å². The lowest BCUT2D eigenvalue weighted by Gasteiger charge is -2.36. The van der Waals surface area contributed by atoms with Crippen molar-refractivity contribution in [1.29, 1.82) is 0 Å². The Hall–Kier alpha value is -2.69. The zero-order valence-corrected chi connectivity index (χ0v) is 20.1. The second-order valence-electron chi connectivity index (χ2n) is 8.27. The van der Waals surface area contributed by atoms with Crippen LogP contribution in [0.5, 0.6) is 0 Å². The molecule has 1 N–H and O–H groups in total. The van der Waals surface area contributed by atoms with Crippen molar-refractivity contribution < 1.29 is 14.4 Å². The first-order valence-corrected chi connectivity index (χ1v) is 11.9. The number of urea groups is 1. The molecule has 4 heterocycles. The fourth-order valence-corrected chi connectivity index (χ4v) is 5.07. The van der Waals surface area contributed by atoms with Crippen LogP contribution >= 0.6 is 27.5 Å². The summed E-state index contributed by atoms with van der Waals surface area (Å²) in [5.41, 5.74) is 2.62. The van der Waals surface area contributed by atoms with E-state index < -0.39 is 6.03 Å². The van der Waals surface area contributed by atoms with E-state index in [-0.39, 0.29) is 24.8 Å². The number of nitrogens with one attached hydrogen (secondary N) is 1. The number of nitrogens with zero attached hydrogens (tertiary/aromatic N) is 5. The number of amides is 4. The lowest BCUT2D eigenvalue weighted by Crippen LogP contribution is -2.56. The van der Waals surface area contributed by atoms with Gasteiger partial charge in [-0.1, -0.05) is 23.7 Å². The number of aromatic nitrogens is 1. The number of hydrazine groups is 1. The largest absolute Gasteiger partial charge is 0.353 e. The lowest BCUT2D eigenvalue weighted by molar-refractivity contribution is -0.123. The molecule has 3 aliphatic rings. The zero-order chi connectivity index (χ0) is 23.1. The molecule has 5 rings (SSSR count). The first-order valence-electron chi connectivity index (χ1n) is 10.7. The van der Waals surface area contributed by atoms with E-state index in [1.54, 1.807) is 12.3 Å². The van der Waals surface area contributed by atoms with Crippen molar-refractivity contribution >= 4 is 51.2 Å². The molecule has 33 heavy (non-hydrogen) atoms. The Morgan fingerprint density at radius 3 is 2.58 bits per heavy atom. The molecule has 0 aliphatic carbocycles. The molecule has 3 aliphatic heterocycles. The van der Waals surface area contributed by atoms with Crippen LogP contribution in [0.4, 0.5) is 10.6 Å². The van der Waals surface area contributed by atoms with Gasteiger partial charge in [0.2, 0.25) is 5.91 Å². The molecule has 2 fully saturated rings. The van der Waals surface area contributed by atoms with Gasteiger partial charge in [0, 0.05) is 50.9 Å². The number of carbonyl (C=O) groups excluding carboxylic acids is 3. The highest BCUT2D eigenvalue weighted by Gasteiger charge is 2.37. The summed E-state index contributed by atoms with van der Waals surface area (Å²) in [7, 11) is 0. The maximum Gasteiger partial charge on any atom is 0.342 e. The average Bonchev–Trinajstić information content (AvgIpc) is 3.12. The van der Waals surface area contributed by atoms with Crippen LogP contribution in [0.2, 0.25) is 5.02 Å². The van der Waals surface area contributed by atoms with Gasteiger partial charge in [-0.2, -0.15) is 0 Å². The number of anilines is 1. The summed E-state index contributed by atoms with van der Waals surface area (Å²) in [6, 6.07) is 7.07. The van der Waals surface area contributed by atoms with Gasteiger partial charge in [-0.3, -0.25) is 19.8 Å². The van der Waals surface area contributed by atoms with Gasteiger partial charge in [0.1, 0.15) is 5.82 Å². The molecule has 0 saturated carbocycles. The first kappa shape index (κ1) is 22.1. The number of benzene rings is 1. The summed E-state index contributed by atoms with van der Waals surface area (Å²) in [6.45, 7) is 4.75. The zero-order valence-electron chi connectivity index (χ0n) is 17.8. The highest BCUT2D eigenvalue weighted by Crippen LogP contribution is 2.31. The monoisotopic (exact) mass is 532 g/mol. The molecule has 4 amide bonds. The lowest BCUT2D eigenvalue weighted by atomic mass is 10.1. The Labute approximate surface area is 204 Å². The number of rotatable bonds is 4. The van der Waals surface area contributed by atoms with Gasteiger partial charge in [-0.05, 0) is 39.2 Å². The summed E-state index contributed by atoms with van der Waals surface area (Å²) in [5, 5.41) is 5.67. The SMILES string of the molecule is O=C1CCN(N2Cc3cc(CN4CCN(c5nccc(Cl)c5Br)CC4)ccc3C2=O)C(=O)N1. The summed E-state index contributed by atoms with van der Waals surface area (Å²) >= 11 is 9.74. The molecule has 2 aromatic rings. The third-order valence-corrected chi connectivity index (χ3v) is 7.50. The van der Waals surface area contributed by atoms with Crippen molar-refractivity contribution in [2.45, 2.75) is 19.5 Å². The number of piperazine rings is 1. The number of halogens is 2. The van der Waals surface area contributed by atoms with Crippen molar-refractivity contribution in [3.63, 3.8) is 0 Å². The summed E-state index contributed by atoms with van der Waals surface area (Å²) < 4.78 is 0.819. The van der Waals surface area contributed by atoms with Gasteiger partial charge in [-0.15, -0.1) is 0 Å². The smallest absolute Gasteiger partial charge is 0.342 e. The van der Waals surface area contributed by atoms with Gasteiger partial charge in [0.05, 0.1) is 22.6 Å². The number of hydrogen-bond acceptors (Lipinski definition) is 6. The highest BCUT2D eigenvalue weighted by atomic mass is 79.9. The molecule has 172 valence electrons. The Balaban J connectivity index is 1.22. The van der Waals surface area contributed by atoms with Crippen LogP contribution < -0.4 is 10.2 Å². The number of fused-ring (bicyclic) bond motifs is 1. The van der Waals surface area contributed by atoms with Gasteiger partial charge in [0.15, 0.2) is 0 Å². The van der Waals surface area contributed by atoms with E-state index in [0.29, 0.717) is 17.1 Å². The highest BCUT2D eigenvalue weighted by molar-refractivity contribution is 9.10. The topological polar surface area (TPSA) is 89.1 Å². The molecule has 11 heteroatoms. The van der Waals surface area contributed by atoms with Crippen molar-refractivity contribution in [3.8, 4) is 0 Å². The molecule has 9 nitrogen and oxygen atoms in total. The van der Waals surface area contributed by atoms with E-state index in [1.807, 2.05) is 18.2 Å². The van der Waals surface area contributed by atoms with Gasteiger partial charge >= 0.3 is 6.03 Å². The molecule has 0 atom stereocenters. The normalized spacial score (nSPS) is 19.2. The van der Waals surface area contributed by atoms with Crippen LogP contribution in [0.15, 0.2) is 34.9 Å². The predicted octanol–water partition coefficient (Wildman–Crippen LogP) is 2.63. The van der Waals surface area contributed by atoms with E-state index >= 15 is 0 Å². The third kappa shape index (κ3) is 4.30. The van der Waals surface area contributed by atoms with E-state index in [0.717, 1.165) is 54.1 Å². The quantitative estimate of drug-likeness (QED) is 0.650. The average molecular weight is 534 g/mol. The van der Waals surface area contributed by atoms with Crippen LogP contribution in [-0.2, 0) is 17.9 Å². The molecule has 1 aromatic carbocycles. The standard InChI is InChI=1S/C22H22BrClN6O3/c23-19-17(24)3-5-25-20(19)28-9-7-27(8-10-28)12-14-1-2-16-15(11-14)13-30(21(16)32)29-6-4-18(31)26-22(29)33/h1-3,5,11H,4,6-10,12-13H2,(H,26,31,33). The Kier molecular flexibility index (Phi) is 5.98. The second kappa shape index (κ2) is 8.92. The summed E-state index contributed by atoms with van der Waals surface area (Å²) in [6.07, 6.45) is 1.90. The molecule has 0 unspecified atom stereocenters. The van der Waals surface area contributed by atoms with Crippen LogP contribution in [0.3, 0.4) is 0 Å². The van der Waals surface area contributed by atoms with Crippen molar-refractivity contribution in [2.24, 2.45) is 0 Å². The maximum absolute atomic E-state index is 12.8. The predicted molar refractivity (Wildman–Crippen MR) is 126 cm³/mol. The first-order chi connectivity index (χ1) is 15.9. The van der Waals surface area contributed by atoms with Crippen molar-refractivity contribution in [2.75, 3.05) is 37.6 Å². The minimum absolute atomic E-state index is 0.185. The van der Waals surface area contributed by atoms with Crippen molar-refractivity contribution in [3.05, 3.63) is 56.6 Å². The molecule has 1 aromatic heterocycles. The molecular formula is C22H22BrClN6O3. The van der Waals surface area contributed by atoms with Crippen LogP contribution in [0.25, 0.3) is 0 Å². The van der Waals surface area contributed by atoms with Crippen molar-refractivity contribution in [1.82, 2.24) is 25.2 Å². The number of carbonyl (C=O) groups is 3. The molecule has 0 spiro atoms. The second-order valence-corrected chi connectivity index (χ2v) is 9.47. The fourth-order valence-electron chi connectivity index (χ4n) is 4.44. The minimum Gasteiger partial charge on any atom is -0.353 e. The third-order valence-electron chi connectivity index (χ3n) is 6.18. The number of imide groups is 1. The van der Waals surface area contributed by atoms with Crippen LogP contribution in [-0.4, -0.2) is 70.5 Å². The molecular weight excluding hydrogens is 512 g/mol. The van der Waals surface area contributed by atoms with E-state index in [4.69, 9.17) is 11.6 Å². The molecule has 0 bridgehead atoms. The summed E-state index contributed by atoms with van der Waals surface area (Å²) in [4.78, 5) is 45.5. The minimum atomic E-state index is -0.550. The van der Waals surface area contributed by atoms with Crippen LogP contribution in [0.1, 0.15) is 27.9 Å². The van der Waals surface area contributed by atoms with E-state index in [9.17, 15) is 14.4 Å². The fraction of sp³-hybridized carbons (Fsp3) is 0.364. The summed E-state index contributed by atoms with van der Waals surface area (Å²) in [5.74, 6) is 0.331. The van der Waals surface area contributed by atoms with Gasteiger partial charge in [0.25, 0.3) is 5.91 Å². The van der Waals surface area contributed by atoms with Gasteiger partial charge < -0.3 is 4.90 Å². The van der Waals surface area contributed by atoms with Gasteiger partial charge in [-0.25, -0.2) is 19.8 Å². The Morgan fingerprint density at radius 1 is 1.03 bits per heavy atom. The number of hydrogen-bond donors (Lipinski definition) is 1. The maximum atomic E-state index is 12.8. The molecule has 2 saturated heterocycles. The molecule has 0 radical (unpaired) electrons. The number of pyridine rings is 1. The van der Waals surface area contributed by atoms with E-state index in [1.165, 1.54) is 10.0 Å². The Bertz CT molecular complexity index is 1140. The Morgan fingerprint density at radius 2 is 1.82 bits per heavy atom. The van der Waals surface area contributed by atoms with Crippen LogP contribution in [0, 0.1) is 0 Å².